The molecule has 0 aliphatic carbocycles. The number of rotatable bonds is 7. The molecular formula is C20H25F. The second-order valence-corrected chi connectivity index (χ2v) is 5.67. The van der Waals surface area contributed by atoms with Crippen LogP contribution in [0.1, 0.15) is 50.7 Å². The Hall–Kier alpha value is -1.63. The van der Waals surface area contributed by atoms with Gasteiger partial charge in [0.2, 0.25) is 0 Å². The average Bonchev–Trinajstić information content (AvgIpc) is 2.52. The molecule has 0 nitrogen and oxygen atoms in total. The minimum Gasteiger partial charge on any atom is -0.207 e. The monoisotopic (exact) mass is 284 g/mol. The fourth-order valence-corrected chi connectivity index (χ4v) is 2.79. The molecule has 0 fully saturated rings. The third kappa shape index (κ3) is 4.17. The molecule has 21 heavy (non-hydrogen) atoms. The Morgan fingerprint density at radius 2 is 1.29 bits per heavy atom. The molecule has 0 saturated carbocycles. The van der Waals surface area contributed by atoms with Crippen molar-refractivity contribution in [1.29, 1.82) is 0 Å². The van der Waals surface area contributed by atoms with Gasteiger partial charge in [0.15, 0.2) is 0 Å². The van der Waals surface area contributed by atoms with Gasteiger partial charge in [-0.15, -0.1) is 0 Å². The Morgan fingerprint density at radius 1 is 0.762 bits per heavy atom. The number of benzene rings is 2. The van der Waals surface area contributed by atoms with Crippen LogP contribution >= 0.6 is 0 Å². The Kier molecular flexibility index (Phi) is 5.98. The first-order chi connectivity index (χ1) is 10.3. The number of unbranched alkanes of at least 4 members (excludes halogenated alkanes) is 2. The standard InChI is InChI=1S/C20H25F/c1-3-5-8-16-10-7-11-17(9-6-4-2)20(16)18-12-14-19(21)15-13-18/h7,10-15H,3-6,8-9H2,1-2H3. The third-order valence-corrected chi connectivity index (χ3v) is 3.97. The van der Waals surface area contributed by atoms with Crippen LogP contribution in [0.2, 0.25) is 0 Å². The van der Waals surface area contributed by atoms with Gasteiger partial charge in [0, 0.05) is 0 Å². The maximum atomic E-state index is 13.2. The molecule has 0 aliphatic rings. The zero-order valence-corrected chi connectivity index (χ0v) is 13.2. The highest BCUT2D eigenvalue weighted by Gasteiger charge is 2.10. The molecule has 0 spiro atoms. The molecule has 0 aliphatic heterocycles. The van der Waals surface area contributed by atoms with E-state index in [1.807, 2.05) is 12.1 Å². The summed E-state index contributed by atoms with van der Waals surface area (Å²) in [5.41, 5.74) is 5.28. The van der Waals surface area contributed by atoms with Gasteiger partial charge in [-0.25, -0.2) is 4.39 Å². The summed E-state index contributed by atoms with van der Waals surface area (Å²) in [6.45, 7) is 4.44. The van der Waals surface area contributed by atoms with Crippen LogP contribution < -0.4 is 0 Å². The summed E-state index contributed by atoms with van der Waals surface area (Å²) in [6.07, 6.45) is 6.99. The summed E-state index contributed by atoms with van der Waals surface area (Å²) in [6, 6.07) is 13.6. The van der Waals surface area contributed by atoms with Gasteiger partial charge in [0.05, 0.1) is 0 Å². The quantitative estimate of drug-likeness (QED) is 0.569. The van der Waals surface area contributed by atoms with E-state index in [2.05, 4.69) is 32.0 Å². The zero-order chi connectivity index (χ0) is 15.1. The zero-order valence-electron chi connectivity index (χ0n) is 13.2. The first-order valence-electron chi connectivity index (χ1n) is 8.13. The molecule has 0 heterocycles. The molecule has 112 valence electrons. The Labute approximate surface area is 128 Å². The summed E-state index contributed by atoms with van der Waals surface area (Å²) < 4.78 is 13.2. The lowest BCUT2D eigenvalue weighted by atomic mass is 9.89. The van der Waals surface area contributed by atoms with Gasteiger partial charge < -0.3 is 0 Å². The van der Waals surface area contributed by atoms with E-state index < -0.39 is 0 Å². The van der Waals surface area contributed by atoms with Crippen molar-refractivity contribution >= 4 is 0 Å². The lowest BCUT2D eigenvalue weighted by molar-refractivity contribution is 0.628. The van der Waals surface area contributed by atoms with Crippen LogP contribution in [0.15, 0.2) is 42.5 Å². The molecule has 0 radical (unpaired) electrons. The van der Waals surface area contributed by atoms with Crippen molar-refractivity contribution in [2.45, 2.75) is 52.4 Å². The van der Waals surface area contributed by atoms with E-state index in [-0.39, 0.29) is 5.82 Å². The number of hydrogen-bond donors (Lipinski definition) is 0. The molecule has 0 atom stereocenters. The van der Waals surface area contributed by atoms with E-state index >= 15 is 0 Å². The van der Waals surface area contributed by atoms with Crippen molar-refractivity contribution in [1.82, 2.24) is 0 Å². The number of hydrogen-bond acceptors (Lipinski definition) is 0. The van der Waals surface area contributed by atoms with Crippen LogP contribution in [0.5, 0.6) is 0 Å². The van der Waals surface area contributed by atoms with Crippen LogP contribution in [-0.4, -0.2) is 0 Å². The molecule has 0 unspecified atom stereocenters. The van der Waals surface area contributed by atoms with Gasteiger partial charge >= 0.3 is 0 Å². The fourth-order valence-electron chi connectivity index (χ4n) is 2.79. The van der Waals surface area contributed by atoms with Crippen molar-refractivity contribution in [2.75, 3.05) is 0 Å². The summed E-state index contributed by atoms with van der Waals surface area (Å²) in [5.74, 6) is -0.167. The van der Waals surface area contributed by atoms with Crippen molar-refractivity contribution in [3.8, 4) is 11.1 Å². The van der Waals surface area contributed by atoms with Crippen molar-refractivity contribution < 1.29 is 4.39 Å². The lowest BCUT2D eigenvalue weighted by Gasteiger charge is -2.15. The molecule has 2 aromatic rings. The number of aryl methyl sites for hydroxylation is 2. The summed E-state index contributed by atoms with van der Waals surface area (Å²) in [5, 5.41) is 0. The Bertz CT molecular complexity index is 528. The van der Waals surface area contributed by atoms with Gasteiger partial charge in [-0.1, -0.05) is 57.0 Å². The Morgan fingerprint density at radius 3 is 1.76 bits per heavy atom. The fraction of sp³-hybridized carbons (Fsp3) is 0.400. The molecule has 0 bridgehead atoms. The molecule has 2 rings (SSSR count). The molecule has 0 aromatic heterocycles. The van der Waals surface area contributed by atoms with Crippen LogP contribution in [-0.2, 0) is 12.8 Å². The summed E-state index contributed by atoms with van der Waals surface area (Å²) in [7, 11) is 0. The minimum atomic E-state index is -0.167. The van der Waals surface area contributed by atoms with Crippen molar-refractivity contribution in [2.24, 2.45) is 0 Å². The van der Waals surface area contributed by atoms with Gasteiger partial charge in [-0.3, -0.25) is 0 Å². The maximum Gasteiger partial charge on any atom is 0.123 e. The normalized spacial score (nSPS) is 10.8. The smallest absolute Gasteiger partial charge is 0.123 e. The topological polar surface area (TPSA) is 0 Å². The second kappa shape index (κ2) is 7.97. The van der Waals surface area contributed by atoms with Gasteiger partial charge in [-0.05, 0) is 60.1 Å². The molecule has 0 N–H and O–H groups in total. The van der Waals surface area contributed by atoms with E-state index in [0.29, 0.717) is 0 Å². The van der Waals surface area contributed by atoms with Crippen molar-refractivity contribution in [3.05, 3.63) is 59.4 Å². The highest BCUT2D eigenvalue weighted by Crippen LogP contribution is 2.30. The molecular weight excluding hydrogens is 259 g/mol. The van der Waals surface area contributed by atoms with Crippen LogP contribution in [0.3, 0.4) is 0 Å². The van der Waals surface area contributed by atoms with E-state index in [4.69, 9.17) is 0 Å². The van der Waals surface area contributed by atoms with E-state index in [1.165, 1.54) is 42.4 Å². The average molecular weight is 284 g/mol. The Balaban J connectivity index is 2.43. The first-order valence-corrected chi connectivity index (χ1v) is 8.13. The van der Waals surface area contributed by atoms with E-state index in [1.54, 1.807) is 12.1 Å². The van der Waals surface area contributed by atoms with Crippen LogP contribution in [0, 0.1) is 5.82 Å². The summed E-state index contributed by atoms with van der Waals surface area (Å²) >= 11 is 0. The largest absolute Gasteiger partial charge is 0.207 e. The number of halogens is 1. The first kappa shape index (κ1) is 15.8. The predicted octanol–water partition coefficient (Wildman–Crippen LogP) is 6.18. The lowest BCUT2D eigenvalue weighted by Crippen LogP contribution is -1.97. The van der Waals surface area contributed by atoms with Gasteiger partial charge in [-0.2, -0.15) is 0 Å². The van der Waals surface area contributed by atoms with Crippen molar-refractivity contribution in [3.63, 3.8) is 0 Å². The summed E-state index contributed by atoms with van der Waals surface area (Å²) in [4.78, 5) is 0. The minimum absolute atomic E-state index is 0.167. The SMILES string of the molecule is CCCCc1cccc(CCCC)c1-c1ccc(F)cc1. The second-order valence-electron chi connectivity index (χ2n) is 5.67. The van der Waals surface area contributed by atoms with E-state index in [0.717, 1.165) is 18.4 Å². The molecule has 2 aromatic carbocycles. The van der Waals surface area contributed by atoms with Crippen LogP contribution in [0.4, 0.5) is 4.39 Å². The molecule has 0 amide bonds. The van der Waals surface area contributed by atoms with Crippen LogP contribution in [0.25, 0.3) is 11.1 Å². The highest BCUT2D eigenvalue weighted by atomic mass is 19.1. The molecule has 1 heteroatoms. The predicted molar refractivity (Wildman–Crippen MR) is 89.1 cm³/mol. The maximum absolute atomic E-state index is 13.2. The third-order valence-electron chi connectivity index (χ3n) is 3.97. The van der Waals surface area contributed by atoms with Gasteiger partial charge in [0.25, 0.3) is 0 Å². The molecule has 0 saturated heterocycles. The van der Waals surface area contributed by atoms with E-state index in [9.17, 15) is 4.39 Å². The highest BCUT2D eigenvalue weighted by molar-refractivity contribution is 5.71. The van der Waals surface area contributed by atoms with Gasteiger partial charge in [0.1, 0.15) is 5.82 Å².